The lowest BCUT2D eigenvalue weighted by molar-refractivity contribution is -0.132. The molecule has 0 spiro atoms. The van der Waals surface area contributed by atoms with E-state index in [2.05, 4.69) is 31.1 Å². The van der Waals surface area contributed by atoms with Gasteiger partial charge in [-0.15, -0.1) is 11.3 Å². The molecule has 0 radical (unpaired) electrons. The number of carboxylic acids is 1. The number of rotatable bonds is 7. The van der Waals surface area contributed by atoms with Crippen LogP contribution in [0.4, 0.5) is 18.3 Å². The molecule has 1 amide bonds. The quantitative estimate of drug-likeness (QED) is 0.343. The highest BCUT2D eigenvalue weighted by molar-refractivity contribution is 7.14. The third-order valence-electron chi connectivity index (χ3n) is 5.26. The Morgan fingerprint density at radius 2 is 1.80 bits per heavy atom. The largest absolute Gasteiger partial charge is 0.478 e. The van der Waals surface area contributed by atoms with Gasteiger partial charge in [-0.05, 0) is 55.0 Å². The Morgan fingerprint density at radius 3 is 2.40 bits per heavy atom. The van der Waals surface area contributed by atoms with Crippen LogP contribution in [0.3, 0.4) is 0 Å². The van der Waals surface area contributed by atoms with Gasteiger partial charge in [0.1, 0.15) is 17.5 Å². The van der Waals surface area contributed by atoms with Crippen molar-refractivity contribution in [3.63, 3.8) is 0 Å². The maximum Gasteiger partial charge on any atom is 0.331 e. The van der Waals surface area contributed by atoms with Gasteiger partial charge >= 0.3 is 5.97 Å². The minimum absolute atomic E-state index is 0.0586. The standard InChI is InChI=1S/C26H25F3N2O3S/c1-14(24(33)34)10-18-19(27)11-16(12-20(18)28)23(32)31-25-30-21(13-35-25)17-7-5-6-15(22(17)29)8-9-26(2,3)4/h5-7,10-13H,8-9H2,1-4H3,(H,33,34)(H,30,31,32). The molecule has 0 aliphatic heterocycles. The molecule has 0 aliphatic carbocycles. The highest BCUT2D eigenvalue weighted by atomic mass is 32.1. The number of aliphatic carboxylic acids is 1. The predicted octanol–water partition coefficient (Wildman–Crippen LogP) is 6.95. The smallest absolute Gasteiger partial charge is 0.331 e. The second kappa shape index (κ2) is 10.4. The third kappa shape index (κ3) is 6.57. The average molecular weight is 503 g/mol. The summed E-state index contributed by atoms with van der Waals surface area (Å²) in [4.78, 5) is 27.7. The number of carbonyl (C=O) groups excluding carboxylic acids is 1. The van der Waals surface area contributed by atoms with Crippen molar-refractivity contribution in [2.24, 2.45) is 5.41 Å². The molecule has 0 atom stereocenters. The summed E-state index contributed by atoms with van der Waals surface area (Å²) in [6, 6.07) is 6.71. The summed E-state index contributed by atoms with van der Waals surface area (Å²) in [5.74, 6) is -4.66. The molecule has 5 nitrogen and oxygen atoms in total. The summed E-state index contributed by atoms with van der Waals surface area (Å²) in [5.41, 5.74) is 0.150. The van der Waals surface area contributed by atoms with Gasteiger partial charge in [-0.1, -0.05) is 32.9 Å². The minimum Gasteiger partial charge on any atom is -0.478 e. The number of hydrogen-bond acceptors (Lipinski definition) is 4. The van der Waals surface area contributed by atoms with E-state index in [-0.39, 0.29) is 27.5 Å². The van der Waals surface area contributed by atoms with Crippen LogP contribution in [0, 0.1) is 22.9 Å². The minimum atomic E-state index is -1.32. The fraction of sp³-hybridized carbons (Fsp3) is 0.269. The number of nitrogens with zero attached hydrogens (tertiary/aromatic N) is 1. The zero-order chi connectivity index (χ0) is 25.9. The second-order valence-corrected chi connectivity index (χ2v) is 10.2. The van der Waals surface area contributed by atoms with Gasteiger partial charge in [0.25, 0.3) is 5.91 Å². The molecule has 0 aliphatic rings. The van der Waals surface area contributed by atoms with Crippen molar-refractivity contribution in [1.29, 1.82) is 0 Å². The first-order valence-electron chi connectivity index (χ1n) is 10.8. The molecule has 0 unspecified atom stereocenters. The Balaban J connectivity index is 1.79. The molecule has 0 saturated heterocycles. The molecular weight excluding hydrogens is 477 g/mol. The van der Waals surface area contributed by atoms with Gasteiger partial charge in [-0.3, -0.25) is 10.1 Å². The van der Waals surface area contributed by atoms with Gasteiger partial charge in [0.15, 0.2) is 5.13 Å². The lowest BCUT2D eigenvalue weighted by Crippen LogP contribution is -2.13. The topological polar surface area (TPSA) is 79.3 Å². The fourth-order valence-electron chi connectivity index (χ4n) is 3.24. The number of anilines is 1. The maximum atomic E-state index is 15.1. The van der Waals surface area contributed by atoms with Gasteiger partial charge in [0, 0.05) is 27.6 Å². The molecule has 3 rings (SSSR count). The number of carboxylic acid groups (broad SMARTS) is 1. The van der Waals surface area contributed by atoms with Crippen molar-refractivity contribution in [3.05, 3.63) is 75.4 Å². The van der Waals surface area contributed by atoms with Gasteiger partial charge in [-0.2, -0.15) is 0 Å². The Hall–Kier alpha value is -3.46. The molecule has 2 N–H and O–H groups in total. The Bertz CT molecular complexity index is 1290. The molecule has 2 aromatic carbocycles. The van der Waals surface area contributed by atoms with E-state index in [1.54, 1.807) is 23.6 Å². The summed E-state index contributed by atoms with van der Waals surface area (Å²) < 4.78 is 43.8. The highest BCUT2D eigenvalue weighted by Crippen LogP contribution is 2.31. The van der Waals surface area contributed by atoms with Crippen LogP contribution in [0.5, 0.6) is 0 Å². The van der Waals surface area contributed by atoms with Crippen LogP contribution >= 0.6 is 11.3 Å². The van der Waals surface area contributed by atoms with E-state index in [1.165, 1.54) is 6.92 Å². The summed E-state index contributed by atoms with van der Waals surface area (Å²) >= 11 is 1.05. The summed E-state index contributed by atoms with van der Waals surface area (Å²) in [5, 5.41) is 13.1. The second-order valence-electron chi connectivity index (χ2n) is 9.32. The lowest BCUT2D eigenvalue weighted by Gasteiger charge is -2.18. The third-order valence-corrected chi connectivity index (χ3v) is 6.02. The zero-order valence-electron chi connectivity index (χ0n) is 19.7. The molecule has 0 fully saturated rings. The number of aromatic nitrogens is 1. The van der Waals surface area contributed by atoms with Crippen molar-refractivity contribution < 1.29 is 27.9 Å². The van der Waals surface area contributed by atoms with E-state index in [4.69, 9.17) is 5.11 Å². The summed E-state index contributed by atoms with van der Waals surface area (Å²) in [6.07, 6.45) is 2.24. The number of amides is 1. The SMILES string of the molecule is CC(=Cc1c(F)cc(C(=O)Nc2nc(-c3cccc(CCC(C)(C)C)c3F)cs2)cc1F)C(=O)O. The van der Waals surface area contributed by atoms with Crippen LogP contribution in [-0.2, 0) is 11.2 Å². The first-order valence-corrected chi connectivity index (χ1v) is 11.7. The summed E-state index contributed by atoms with van der Waals surface area (Å²) in [7, 11) is 0. The van der Waals surface area contributed by atoms with Crippen LogP contribution in [0.1, 0.15) is 55.6 Å². The van der Waals surface area contributed by atoms with E-state index >= 15 is 4.39 Å². The lowest BCUT2D eigenvalue weighted by atomic mass is 9.88. The molecule has 3 aromatic rings. The van der Waals surface area contributed by atoms with Crippen molar-refractivity contribution in [2.75, 3.05) is 5.32 Å². The van der Waals surface area contributed by atoms with Crippen LogP contribution < -0.4 is 5.32 Å². The molecule has 184 valence electrons. The van der Waals surface area contributed by atoms with E-state index < -0.39 is 29.1 Å². The number of halogens is 3. The van der Waals surface area contributed by atoms with Gasteiger partial charge in [-0.25, -0.2) is 22.9 Å². The van der Waals surface area contributed by atoms with E-state index in [1.807, 2.05) is 0 Å². The number of carbonyl (C=O) groups is 2. The molecule has 35 heavy (non-hydrogen) atoms. The van der Waals surface area contributed by atoms with E-state index in [0.29, 0.717) is 23.2 Å². The number of hydrogen-bond donors (Lipinski definition) is 2. The zero-order valence-corrected chi connectivity index (χ0v) is 20.5. The van der Waals surface area contributed by atoms with Gasteiger partial charge in [0.2, 0.25) is 0 Å². The number of nitrogens with one attached hydrogen (secondary N) is 1. The van der Waals surface area contributed by atoms with Crippen molar-refractivity contribution >= 4 is 34.4 Å². The molecular formula is C26H25F3N2O3S. The van der Waals surface area contributed by atoms with Crippen molar-refractivity contribution in [3.8, 4) is 11.3 Å². The van der Waals surface area contributed by atoms with E-state index in [9.17, 15) is 18.4 Å². The first kappa shape index (κ1) is 26.2. The summed E-state index contributed by atoms with van der Waals surface area (Å²) in [6.45, 7) is 7.46. The van der Waals surface area contributed by atoms with Crippen LogP contribution in [0.15, 0.2) is 41.3 Å². The van der Waals surface area contributed by atoms with Crippen molar-refractivity contribution in [1.82, 2.24) is 4.98 Å². The molecule has 0 bridgehead atoms. The van der Waals surface area contributed by atoms with E-state index in [0.717, 1.165) is 36.0 Å². The molecule has 1 aromatic heterocycles. The van der Waals surface area contributed by atoms with Crippen LogP contribution in [-0.4, -0.2) is 22.0 Å². The molecule has 1 heterocycles. The fourth-order valence-corrected chi connectivity index (χ4v) is 3.94. The highest BCUT2D eigenvalue weighted by Gasteiger charge is 2.19. The van der Waals surface area contributed by atoms with Gasteiger partial charge in [0.05, 0.1) is 5.69 Å². The Morgan fingerprint density at radius 1 is 1.14 bits per heavy atom. The maximum absolute atomic E-state index is 15.1. The number of thiazole rings is 1. The predicted molar refractivity (Wildman–Crippen MR) is 131 cm³/mol. The van der Waals surface area contributed by atoms with Crippen LogP contribution in [0.25, 0.3) is 17.3 Å². The Kier molecular flexibility index (Phi) is 7.80. The van der Waals surface area contributed by atoms with Crippen LogP contribution in [0.2, 0.25) is 0 Å². The normalized spacial score (nSPS) is 12.0. The first-order chi connectivity index (χ1) is 16.4. The molecule has 9 heteroatoms. The average Bonchev–Trinajstić information content (AvgIpc) is 3.22. The monoisotopic (exact) mass is 502 g/mol. The number of benzene rings is 2. The molecule has 0 saturated carbocycles. The Labute approximate surface area is 205 Å². The van der Waals surface area contributed by atoms with Crippen molar-refractivity contribution in [2.45, 2.75) is 40.5 Å². The van der Waals surface area contributed by atoms with Gasteiger partial charge < -0.3 is 5.11 Å². The number of aryl methyl sites for hydroxylation is 1.